The van der Waals surface area contributed by atoms with Crippen molar-refractivity contribution >= 4 is 11.6 Å². The van der Waals surface area contributed by atoms with Gasteiger partial charge in [0.15, 0.2) is 0 Å². The fourth-order valence-corrected chi connectivity index (χ4v) is 1.35. The Hall–Kier alpha value is -1.90. The van der Waals surface area contributed by atoms with E-state index in [1.54, 1.807) is 18.5 Å². The Kier molecular flexibility index (Phi) is 2.63. The van der Waals surface area contributed by atoms with Gasteiger partial charge in [-0.05, 0) is 37.1 Å². The number of hydrogen-bond donors (Lipinski definition) is 1. The maximum Gasteiger partial charge on any atom is 0.227 e. The van der Waals surface area contributed by atoms with E-state index in [4.69, 9.17) is 0 Å². The van der Waals surface area contributed by atoms with Gasteiger partial charge in [0.05, 0.1) is 0 Å². The van der Waals surface area contributed by atoms with Gasteiger partial charge < -0.3 is 5.32 Å². The highest BCUT2D eigenvalue weighted by molar-refractivity contribution is 5.59. The van der Waals surface area contributed by atoms with Crippen LogP contribution in [0, 0.1) is 13.8 Å². The molecule has 0 unspecified atom stereocenters. The van der Waals surface area contributed by atoms with Gasteiger partial charge in [-0.3, -0.25) is 0 Å². The molecular weight excluding hydrogens is 186 g/mol. The molecule has 2 aromatic rings. The molecule has 76 valence electrons. The molecule has 0 saturated heterocycles. The first-order valence-electron chi connectivity index (χ1n) is 4.87. The summed E-state index contributed by atoms with van der Waals surface area (Å²) in [5, 5.41) is 3.19. The number of aromatic nitrogens is 2. The molecule has 0 bridgehead atoms. The first-order valence-corrected chi connectivity index (χ1v) is 4.87. The van der Waals surface area contributed by atoms with Crippen molar-refractivity contribution in [3.63, 3.8) is 0 Å². The summed E-state index contributed by atoms with van der Waals surface area (Å²) in [4.78, 5) is 8.25. The number of nitrogens with one attached hydrogen (secondary N) is 1. The molecule has 0 fully saturated rings. The summed E-state index contributed by atoms with van der Waals surface area (Å²) in [6, 6.07) is 8.06. The van der Waals surface area contributed by atoms with Crippen LogP contribution in [0.1, 0.15) is 11.1 Å². The highest BCUT2D eigenvalue weighted by Gasteiger charge is 2.00. The normalized spacial score (nSPS) is 10.0. The highest BCUT2D eigenvalue weighted by Crippen LogP contribution is 2.18. The van der Waals surface area contributed by atoms with Crippen molar-refractivity contribution in [2.45, 2.75) is 13.8 Å². The number of hydrogen-bond acceptors (Lipinski definition) is 3. The zero-order valence-electron chi connectivity index (χ0n) is 8.86. The minimum Gasteiger partial charge on any atom is -0.324 e. The van der Waals surface area contributed by atoms with E-state index >= 15 is 0 Å². The summed E-state index contributed by atoms with van der Waals surface area (Å²) >= 11 is 0. The van der Waals surface area contributed by atoms with Crippen molar-refractivity contribution < 1.29 is 0 Å². The highest BCUT2D eigenvalue weighted by atomic mass is 15.1. The Labute approximate surface area is 89.2 Å². The van der Waals surface area contributed by atoms with E-state index in [9.17, 15) is 0 Å². The molecule has 0 saturated carbocycles. The number of nitrogens with zero attached hydrogens (tertiary/aromatic N) is 2. The van der Waals surface area contributed by atoms with E-state index < -0.39 is 0 Å². The number of aryl methyl sites for hydroxylation is 2. The minimum absolute atomic E-state index is 0.631. The van der Waals surface area contributed by atoms with E-state index in [1.807, 2.05) is 0 Å². The smallest absolute Gasteiger partial charge is 0.227 e. The first kappa shape index (κ1) is 9.65. The average molecular weight is 199 g/mol. The molecule has 3 nitrogen and oxygen atoms in total. The lowest BCUT2D eigenvalue weighted by Gasteiger charge is -2.08. The Bertz CT molecular complexity index is 452. The van der Waals surface area contributed by atoms with Crippen molar-refractivity contribution in [2.24, 2.45) is 0 Å². The van der Waals surface area contributed by atoms with Gasteiger partial charge in [0.2, 0.25) is 5.95 Å². The van der Waals surface area contributed by atoms with Gasteiger partial charge in [-0.15, -0.1) is 0 Å². The van der Waals surface area contributed by atoms with Crippen LogP contribution in [0.25, 0.3) is 0 Å². The Morgan fingerprint density at radius 2 is 1.80 bits per heavy atom. The molecule has 0 spiro atoms. The van der Waals surface area contributed by atoms with Gasteiger partial charge in [0, 0.05) is 18.1 Å². The van der Waals surface area contributed by atoms with Gasteiger partial charge in [0.1, 0.15) is 0 Å². The fourth-order valence-electron chi connectivity index (χ4n) is 1.35. The van der Waals surface area contributed by atoms with Crippen LogP contribution in [0.5, 0.6) is 0 Å². The van der Waals surface area contributed by atoms with Crippen LogP contribution in [0.2, 0.25) is 0 Å². The quantitative estimate of drug-likeness (QED) is 0.808. The standard InChI is InChI=1S/C12H13N3/c1-9-4-5-10(2)11(8-9)15-12-13-6-3-7-14-12/h3-8H,1-2H3,(H,13,14,15). The monoisotopic (exact) mass is 199 g/mol. The third kappa shape index (κ3) is 2.31. The van der Waals surface area contributed by atoms with E-state index in [-0.39, 0.29) is 0 Å². The molecule has 1 aromatic carbocycles. The van der Waals surface area contributed by atoms with E-state index in [1.165, 1.54) is 11.1 Å². The van der Waals surface area contributed by atoms with Crippen LogP contribution < -0.4 is 5.32 Å². The summed E-state index contributed by atoms with van der Waals surface area (Å²) in [5.74, 6) is 0.631. The summed E-state index contributed by atoms with van der Waals surface area (Å²) in [6.45, 7) is 4.13. The van der Waals surface area contributed by atoms with Crippen molar-refractivity contribution in [1.29, 1.82) is 0 Å². The van der Waals surface area contributed by atoms with Crippen molar-refractivity contribution in [3.8, 4) is 0 Å². The molecule has 0 aliphatic heterocycles. The second-order valence-corrected chi connectivity index (χ2v) is 3.52. The number of rotatable bonds is 2. The Balaban J connectivity index is 2.28. The molecule has 0 radical (unpaired) electrons. The average Bonchev–Trinajstić information content (AvgIpc) is 2.25. The third-order valence-corrected chi connectivity index (χ3v) is 2.21. The van der Waals surface area contributed by atoms with Crippen molar-refractivity contribution in [3.05, 3.63) is 47.8 Å². The number of benzene rings is 1. The van der Waals surface area contributed by atoms with Gasteiger partial charge >= 0.3 is 0 Å². The van der Waals surface area contributed by atoms with Crippen molar-refractivity contribution in [1.82, 2.24) is 9.97 Å². The zero-order valence-corrected chi connectivity index (χ0v) is 8.86. The predicted molar refractivity (Wildman–Crippen MR) is 61.2 cm³/mol. The lowest BCUT2D eigenvalue weighted by atomic mass is 10.1. The van der Waals surface area contributed by atoms with Crippen LogP contribution in [0.3, 0.4) is 0 Å². The molecule has 0 aliphatic rings. The third-order valence-electron chi connectivity index (χ3n) is 2.21. The van der Waals surface area contributed by atoms with Gasteiger partial charge in [-0.1, -0.05) is 12.1 Å². The Morgan fingerprint density at radius 1 is 1.07 bits per heavy atom. The molecular formula is C12H13N3. The summed E-state index contributed by atoms with van der Waals surface area (Å²) in [5.41, 5.74) is 3.47. The van der Waals surface area contributed by atoms with Gasteiger partial charge in [-0.2, -0.15) is 0 Å². The van der Waals surface area contributed by atoms with Crippen LogP contribution >= 0.6 is 0 Å². The lowest BCUT2D eigenvalue weighted by molar-refractivity contribution is 1.16. The van der Waals surface area contributed by atoms with Gasteiger partial charge in [-0.25, -0.2) is 9.97 Å². The SMILES string of the molecule is Cc1ccc(C)c(Nc2ncccn2)c1. The molecule has 1 N–H and O–H groups in total. The zero-order chi connectivity index (χ0) is 10.7. The second kappa shape index (κ2) is 4.09. The first-order chi connectivity index (χ1) is 7.25. The van der Waals surface area contributed by atoms with Crippen LogP contribution in [0.15, 0.2) is 36.7 Å². The van der Waals surface area contributed by atoms with Crippen LogP contribution in [-0.4, -0.2) is 9.97 Å². The molecule has 0 aliphatic carbocycles. The van der Waals surface area contributed by atoms with E-state index in [0.717, 1.165) is 5.69 Å². The molecule has 2 rings (SSSR count). The maximum atomic E-state index is 4.12. The topological polar surface area (TPSA) is 37.8 Å². The van der Waals surface area contributed by atoms with Gasteiger partial charge in [0.25, 0.3) is 0 Å². The molecule has 15 heavy (non-hydrogen) atoms. The molecule has 1 heterocycles. The largest absolute Gasteiger partial charge is 0.324 e. The number of anilines is 2. The summed E-state index contributed by atoms with van der Waals surface area (Å²) < 4.78 is 0. The van der Waals surface area contributed by atoms with E-state index in [0.29, 0.717) is 5.95 Å². The van der Waals surface area contributed by atoms with Crippen LogP contribution in [0.4, 0.5) is 11.6 Å². The molecule has 3 heteroatoms. The van der Waals surface area contributed by atoms with Crippen LogP contribution in [-0.2, 0) is 0 Å². The predicted octanol–water partition coefficient (Wildman–Crippen LogP) is 2.84. The van der Waals surface area contributed by atoms with E-state index in [2.05, 4.69) is 47.3 Å². The Morgan fingerprint density at radius 3 is 2.53 bits per heavy atom. The van der Waals surface area contributed by atoms with Crippen molar-refractivity contribution in [2.75, 3.05) is 5.32 Å². The minimum atomic E-state index is 0.631. The molecule has 0 atom stereocenters. The fraction of sp³-hybridized carbons (Fsp3) is 0.167. The lowest BCUT2D eigenvalue weighted by Crippen LogP contribution is -1.97. The second-order valence-electron chi connectivity index (χ2n) is 3.52. The summed E-state index contributed by atoms with van der Waals surface area (Å²) in [7, 11) is 0. The summed E-state index contributed by atoms with van der Waals surface area (Å²) in [6.07, 6.45) is 3.45. The molecule has 0 amide bonds. The molecule has 1 aromatic heterocycles. The maximum absolute atomic E-state index is 4.12.